The molecule has 1 N–H and O–H groups in total. The van der Waals surface area contributed by atoms with Crippen LogP contribution < -0.4 is 5.32 Å². The first-order valence-electron chi connectivity index (χ1n) is 10.8. The molecule has 25 heavy (non-hydrogen) atoms. The van der Waals surface area contributed by atoms with E-state index in [0.29, 0.717) is 11.8 Å². The van der Waals surface area contributed by atoms with Gasteiger partial charge in [-0.2, -0.15) is 0 Å². The predicted octanol–water partition coefficient (Wildman–Crippen LogP) is 6.49. The molecule has 1 amide bonds. The van der Waals surface area contributed by atoms with Crippen LogP contribution in [0.1, 0.15) is 111 Å². The van der Waals surface area contributed by atoms with E-state index in [0.717, 1.165) is 0 Å². The molecule has 146 valence electrons. The van der Waals surface area contributed by atoms with Gasteiger partial charge >= 0.3 is 0 Å². The number of nitrogens with one attached hydrogen (secondary N) is 1. The van der Waals surface area contributed by atoms with Crippen LogP contribution in [0, 0.1) is 24.2 Å². The second-order valence-electron chi connectivity index (χ2n) is 7.86. The molecule has 0 bridgehead atoms. The zero-order valence-electron chi connectivity index (χ0n) is 17.4. The lowest BCUT2D eigenvalue weighted by Crippen LogP contribution is -2.39. The molecule has 0 heterocycles. The SMILES string of the molecule is C#C[C@H](NC(C)=O)[C@H](C)[C@H](C)CCCCCCCCCCCCCC. The van der Waals surface area contributed by atoms with Crippen molar-refractivity contribution in [2.75, 3.05) is 0 Å². The van der Waals surface area contributed by atoms with Gasteiger partial charge in [-0.1, -0.05) is 110 Å². The summed E-state index contributed by atoms with van der Waals surface area (Å²) in [6.07, 6.45) is 23.4. The second-order valence-corrected chi connectivity index (χ2v) is 7.86. The summed E-state index contributed by atoms with van der Waals surface area (Å²) in [6, 6.07) is -0.134. The van der Waals surface area contributed by atoms with Crippen LogP contribution >= 0.6 is 0 Å². The van der Waals surface area contributed by atoms with Crippen molar-refractivity contribution in [3.8, 4) is 12.3 Å². The van der Waals surface area contributed by atoms with Crippen molar-refractivity contribution in [2.24, 2.45) is 11.8 Å². The fraction of sp³-hybridized carbons (Fsp3) is 0.870. The summed E-state index contributed by atoms with van der Waals surface area (Å²) in [4.78, 5) is 11.2. The molecule has 0 fully saturated rings. The van der Waals surface area contributed by atoms with Crippen LogP contribution in [0.5, 0.6) is 0 Å². The van der Waals surface area contributed by atoms with E-state index in [1.54, 1.807) is 0 Å². The highest BCUT2D eigenvalue weighted by Crippen LogP contribution is 2.22. The van der Waals surface area contributed by atoms with E-state index in [9.17, 15) is 4.79 Å². The van der Waals surface area contributed by atoms with Crippen LogP contribution in [0.15, 0.2) is 0 Å². The van der Waals surface area contributed by atoms with Crippen molar-refractivity contribution >= 4 is 5.91 Å². The number of carbonyl (C=O) groups excluding carboxylic acids is 1. The lowest BCUT2D eigenvalue weighted by Gasteiger charge is -2.25. The minimum Gasteiger partial charge on any atom is -0.342 e. The van der Waals surface area contributed by atoms with Crippen LogP contribution in [0.2, 0.25) is 0 Å². The molecule has 0 aromatic carbocycles. The van der Waals surface area contributed by atoms with Crippen molar-refractivity contribution in [3.63, 3.8) is 0 Å². The first-order chi connectivity index (χ1) is 12.0. The van der Waals surface area contributed by atoms with Gasteiger partial charge in [0.2, 0.25) is 5.91 Å². The highest BCUT2D eigenvalue weighted by Gasteiger charge is 2.21. The van der Waals surface area contributed by atoms with Gasteiger partial charge in [0, 0.05) is 6.92 Å². The third-order valence-electron chi connectivity index (χ3n) is 5.47. The minimum absolute atomic E-state index is 0.0348. The molecule has 3 atom stereocenters. The smallest absolute Gasteiger partial charge is 0.217 e. The Bertz CT molecular complexity index is 358. The first-order valence-corrected chi connectivity index (χ1v) is 10.8. The zero-order valence-corrected chi connectivity index (χ0v) is 17.4. The Balaban J connectivity index is 3.55. The number of hydrogen-bond acceptors (Lipinski definition) is 1. The molecule has 0 rings (SSSR count). The maximum Gasteiger partial charge on any atom is 0.217 e. The molecular weight excluding hydrogens is 306 g/mol. The van der Waals surface area contributed by atoms with Gasteiger partial charge in [0.25, 0.3) is 0 Å². The summed E-state index contributed by atoms with van der Waals surface area (Å²) in [5, 5.41) is 2.88. The molecule has 0 radical (unpaired) electrons. The Morgan fingerprint density at radius 1 is 0.880 bits per heavy atom. The van der Waals surface area contributed by atoms with Gasteiger partial charge in [0.1, 0.15) is 0 Å². The lowest BCUT2D eigenvalue weighted by molar-refractivity contribution is -0.119. The summed E-state index contributed by atoms with van der Waals surface area (Å²) in [5.74, 6) is 3.58. The quantitative estimate of drug-likeness (QED) is 0.250. The Morgan fingerprint density at radius 2 is 1.32 bits per heavy atom. The number of rotatable bonds is 16. The molecule has 0 saturated carbocycles. The molecule has 0 aliphatic carbocycles. The predicted molar refractivity (Wildman–Crippen MR) is 110 cm³/mol. The van der Waals surface area contributed by atoms with Crippen molar-refractivity contribution in [2.45, 2.75) is 117 Å². The van der Waals surface area contributed by atoms with E-state index in [1.165, 1.54) is 90.4 Å². The van der Waals surface area contributed by atoms with E-state index in [1.807, 2.05) is 0 Å². The fourth-order valence-corrected chi connectivity index (χ4v) is 3.44. The fourth-order valence-electron chi connectivity index (χ4n) is 3.44. The van der Waals surface area contributed by atoms with E-state index < -0.39 is 0 Å². The van der Waals surface area contributed by atoms with Crippen molar-refractivity contribution in [3.05, 3.63) is 0 Å². The topological polar surface area (TPSA) is 29.1 Å². The van der Waals surface area contributed by atoms with E-state index in [-0.39, 0.29) is 11.9 Å². The van der Waals surface area contributed by atoms with Gasteiger partial charge in [-0.25, -0.2) is 0 Å². The minimum atomic E-state index is -0.134. The largest absolute Gasteiger partial charge is 0.342 e. The molecule has 2 nitrogen and oxygen atoms in total. The Morgan fingerprint density at radius 3 is 1.72 bits per heavy atom. The average Bonchev–Trinajstić information content (AvgIpc) is 2.59. The Labute approximate surface area is 157 Å². The van der Waals surface area contributed by atoms with Crippen LogP contribution in [-0.2, 0) is 4.79 Å². The van der Waals surface area contributed by atoms with E-state index >= 15 is 0 Å². The number of hydrogen-bond donors (Lipinski definition) is 1. The van der Waals surface area contributed by atoms with E-state index in [4.69, 9.17) is 6.42 Å². The van der Waals surface area contributed by atoms with Gasteiger partial charge in [0.15, 0.2) is 0 Å². The number of terminal acetylenes is 1. The maximum absolute atomic E-state index is 11.2. The van der Waals surface area contributed by atoms with Crippen molar-refractivity contribution in [1.29, 1.82) is 0 Å². The van der Waals surface area contributed by atoms with Crippen molar-refractivity contribution in [1.82, 2.24) is 5.32 Å². The van der Waals surface area contributed by atoms with Gasteiger partial charge in [0.05, 0.1) is 6.04 Å². The zero-order chi connectivity index (χ0) is 18.9. The van der Waals surface area contributed by atoms with Crippen LogP contribution in [0.4, 0.5) is 0 Å². The highest BCUT2D eigenvalue weighted by molar-refractivity contribution is 5.73. The summed E-state index contributed by atoms with van der Waals surface area (Å²) in [7, 11) is 0. The van der Waals surface area contributed by atoms with Gasteiger partial charge < -0.3 is 5.32 Å². The standard InChI is InChI=1S/C23H43NO/c1-6-8-9-10-11-12-13-14-15-16-17-18-19-20(3)21(4)23(7-2)24-22(5)25/h2,20-21,23H,6,8-19H2,1,3-5H3,(H,24,25)/t20-,21-,23+/m1/s1. The number of unbranched alkanes of at least 4 members (excludes halogenated alkanes) is 11. The van der Waals surface area contributed by atoms with Gasteiger partial charge in [-0.3, -0.25) is 4.79 Å². The Kier molecular flexibility index (Phi) is 15.9. The highest BCUT2D eigenvalue weighted by atomic mass is 16.1. The van der Waals surface area contributed by atoms with Crippen LogP contribution in [0.25, 0.3) is 0 Å². The molecule has 0 saturated heterocycles. The summed E-state index contributed by atoms with van der Waals surface area (Å²) < 4.78 is 0. The first kappa shape index (κ1) is 24.0. The maximum atomic E-state index is 11.2. The second kappa shape index (κ2) is 16.5. The molecule has 0 aromatic rings. The lowest BCUT2D eigenvalue weighted by atomic mass is 9.85. The summed E-state index contributed by atoms with van der Waals surface area (Å²) in [6.45, 7) is 8.23. The van der Waals surface area contributed by atoms with E-state index in [2.05, 4.69) is 32.0 Å². The number of carbonyl (C=O) groups is 1. The molecule has 2 heteroatoms. The van der Waals surface area contributed by atoms with Crippen molar-refractivity contribution < 1.29 is 4.79 Å². The third-order valence-corrected chi connectivity index (χ3v) is 5.47. The summed E-state index contributed by atoms with van der Waals surface area (Å²) >= 11 is 0. The normalized spacial score (nSPS) is 14.5. The Hall–Kier alpha value is -0.970. The van der Waals surface area contributed by atoms with Gasteiger partial charge in [-0.05, 0) is 11.8 Å². The monoisotopic (exact) mass is 349 g/mol. The molecule has 0 unspecified atom stereocenters. The third kappa shape index (κ3) is 13.9. The molecule has 0 aliphatic heterocycles. The summed E-state index contributed by atoms with van der Waals surface area (Å²) in [5.41, 5.74) is 0. The number of amides is 1. The van der Waals surface area contributed by atoms with Gasteiger partial charge in [-0.15, -0.1) is 6.42 Å². The average molecular weight is 350 g/mol. The molecule has 0 aromatic heterocycles. The van der Waals surface area contributed by atoms with Crippen LogP contribution in [-0.4, -0.2) is 11.9 Å². The molecular formula is C23H43NO. The van der Waals surface area contributed by atoms with Crippen LogP contribution in [0.3, 0.4) is 0 Å². The molecule has 0 aliphatic rings. The molecule has 0 spiro atoms.